The van der Waals surface area contributed by atoms with Crippen molar-refractivity contribution in [2.75, 3.05) is 0 Å². The number of nitrogens with one attached hydrogen (secondary N) is 2. The Bertz CT molecular complexity index is 684. The molecule has 0 radical (unpaired) electrons. The van der Waals surface area contributed by atoms with Gasteiger partial charge in [0.25, 0.3) is 0 Å². The molecule has 0 aromatic carbocycles. The molecule has 0 aliphatic carbocycles. The van der Waals surface area contributed by atoms with E-state index in [2.05, 4.69) is 9.97 Å². The molecule has 0 aliphatic heterocycles. The van der Waals surface area contributed by atoms with Crippen LogP contribution in [0.25, 0.3) is 11.0 Å². The first-order valence-electron chi connectivity index (χ1n) is 5.87. The van der Waals surface area contributed by atoms with Gasteiger partial charge in [-0.1, -0.05) is 13.8 Å². The van der Waals surface area contributed by atoms with E-state index in [1.165, 1.54) is 0 Å². The molecule has 124 valence electrons. The van der Waals surface area contributed by atoms with Crippen LogP contribution >= 0.6 is 0 Å². The van der Waals surface area contributed by atoms with Crippen LogP contribution in [0.15, 0.2) is 17.1 Å². The van der Waals surface area contributed by atoms with Crippen LogP contribution in [-0.2, 0) is 5.67 Å². The van der Waals surface area contributed by atoms with Gasteiger partial charge in [0.05, 0.1) is 22.9 Å². The monoisotopic (exact) mass is 333 g/mol. The van der Waals surface area contributed by atoms with E-state index in [-0.39, 0.29) is 11.6 Å². The fourth-order valence-electron chi connectivity index (χ4n) is 1.57. The molecule has 0 amide bonds. The highest BCUT2D eigenvalue weighted by atomic mass is 19.4. The highest BCUT2D eigenvalue weighted by Gasteiger charge is 2.74. The van der Waals surface area contributed by atoms with E-state index in [4.69, 9.17) is 0 Å². The maximum absolute atomic E-state index is 13.7. The van der Waals surface area contributed by atoms with Crippen LogP contribution in [0.3, 0.4) is 0 Å². The van der Waals surface area contributed by atoms with Gasteiger partial charge in [-0.15, -0.1) is 0 Å². The lowest BCUT2D eigenvalue weighted by Crippen LogP contribution is -2.50. The van der Waals surface area contributed by atoms with Crippen molar-refractivity contribution in [3.63, 3.8) is 0 Å². The number of fused-ring (bicyclic) bond motifs is 1. The summed E-state index contributed by atoms with van der Waals surface area (Å²) in [6.07, 6.45) is -12.0. The van der Waals surface area contributed by atoms with Crippen LogP contribution in [0.2, 0.25) is 0 Å². The zero-order chi connectivity index (χ0) is 17.3. The van der Waals surface area contributed by atoms with Crippen molar-refractivity contribution in [3.05, 3.63) is 28.4 Å². The average Bonchev–Trinajstić information content (AvgIpc) is 2.76. The van der Waals surface area contributed by atoms with E-state index in [1.54, 1.807) is 0 Å². The SMILES string of the molecule is CC.O=c1[nH]c2cnc(C(F)(C(F)(F)F)C(F)(F)F)cc2[nH]1. The van der Waals surface area contributed by atoms with Crippen molar-refractivity contribution in [1.82, 2.24) is 15.0 Å². The molecular formula is C11H10F7N3O. The number of hydrogen-bond acceptors (Lipinski definition) is 2. The van der Waals surface area contributed by atoms with E-state index in [9.17, 15) is 35.5 Å². The normalized spacial score (nSPS) is 13.0. The maximum atomic E-state index is 13.7. The van der Waals surface area contributed by atoms with E-state index in [1.807, 2.05) is 18.8 Å². The fraction of sp³-hybridized carbons (Fsp3) is 0.455. The second-order valence-corrected chi connectivity index (χ2v) is 3.85. The third-order valence-corrected chi connectivity index (χ3v) is 2.53. The number of aromatic amines is 2. The Labute approximate surface area is 118 Å². The number of pyridine rings is 1. The zero-order valence-corrected chi connectivity index (χ0v) is 11.2. The van der Waals surface area contributed by atoms with Crippen LogP contribution in [0, 0.1) is 0 Å². The molecule has 2 rings (SSSR count). The summed E-state index contributed by atoms with van der Waals surface area (Å²) < 4.78 is 88.5. The van der Waals surface area contributed by atoms with E-state index in [0.717, 1.165) is 0 Å². The molecule has 22 heavy (non-hydrogen) atoms. The Kier molecular flexibility index (Phi) is 4.59. The minimum absolute atomic E-state index is 0.148. The number of hydrogen-bond donors (Lipinski definition) is 2. The Morgan fingerprint density at radius 2 is 1.36 bits per heavy atom. The largest absolute Gasteiger partial charge is 0.437 e. The number of alkyl halides is 7. The first-order valence-corrected chi connectivity index (χ1v) is 5.87. The molecule has 4 nitrogen and oxygen atoms in total. The lowest BCUT2D eigenvalue weighted by molar-refractivity contribution is -0.349. The van der Waals surface area contributed by atoms with E-state index in [0.29, 0.717) is 6.20 Å². The van der Waals surface area contributed by atoms with Gasteiger partial charge in [0.1, 0.15) is 0 Å². The molecule has 2 aromatic heterocycles. The van der Waals surface area contributed by atoms with Gasteiger partial charge in [-0.2, -0.15) is 26.3 Å². The first kappa shape index (κ1) is 18.0. The minimum Gasteiger partial charge on any atom is -0.306 e. The number of halogens is 7. The molecule has 0 atom stereocenters. The molecule has 0 bridgehead atoms. The lowest BCUT2D eigenvalue weighted by Gasteiger charge is -2.29. The Balaban J connectivity index is 0.00000116. The molecule has 0 saturated carbocycles. The van der Waals surface area contributed by atoms with Crippen LogP contribution in [0.1, 0.15) is 19.5 Å². The predicted molar refractivity (Wildman–Crippen MR) is 63.0 cm³/mol. The molecule has 0 saturated heterocycles. The van der Waals surface area contributed by atoms with E-state index < -0.39 is 34.9 Å². The summed E-state index contributed by atoms with van der Waals surface area (Å²) in [6.45, 7) is 4.00. The Morgan fingerprint density at radius 3 is 1.82 bits per heavy atom. The van der Waals surface area contributed by atoms with Gasteiger partial charge in [0, 0.05) is 0 Å². The second kappa shape index (κ2) is 5.61. The molecule has 0 fully saturated rings. The quantitative estimate of drug-likeness (QED) is 0.784. The molecule has 2 aromatic rings. The van der Waals surface area contributed by atoms with Gasteiger partial charge in [0.15, 0.2) is 0 Å². The Hall–Kier alpha value is -2.07. The fourth-order valence-corrected chi connectivity index (χ4v) is 1.57. The van der Waals surface area contributed by atoms with Crippen molar-refractivity contribution in [2.24, 2.45) is 0 Å². The summed E-state index contributed by atoms with van der Waals surface area (Å²) in [5, 5.41) is 0. The molecule has 0 unspecified atom stereocenters. The molecular weight excluding hydrogens is 323 g/mol. The van der Waals surface area contributed by atoms with Gasteiger partial charge in [-0.3, -0.25) is 4.98 Å². The molecule has 0 spiro atoms. The molecule has 0 aliphatic rings. The van der Waals surface area contributed by atoms with Crippen molar-refractivity contribution in [1.29, 1.82) is 0 Å². The van der Waals surface area contributed by atoms with Gasteiger partial charge in [0.2, 0.25) is 0 Å². The topological polar surface area (TPSA) is 61.5 Å². The average molecular weight is 333 g/mol. The third kappa shape index (κ3) is 2.79. The van der Waals surface area contributed by atoms with Gasteiger partial charge in [-0.25, -0.2) is 9.18 Å². The van der Waals surface area contributed by atoms with Crippen LogP contribution in [0.4, 0.5) is 30.7 Å². The van der Waals surface area contributed by atoms with Crippen LogP contribution < -0.4 is 5.69 Å². The lowest BCUT2D eigenvalue weighted by atomic mass is 9.99. The van der Waals surface area contributed by atoms with Crippen molar-refractivity contribution >= 4 is 11.0 Å². The summed E-state index contributed by atoms with van der Waals surface area (Å²) in [4.78, 5) is 17.7. The highest BCUT2D eigenvalue weighted by Crippen LogP contribution is 2.52. The van der Waals surface area contributed by atoms with Gasteiger partial charge in [-0.05, 0) is 6.07 Å². The van der Waals surface area contributed by atoms with E-state index >= 15 is 0 Å². The highest BCUT2D eigenvalue weighted by molar-refractivity contribution is 5.73. The van der Waals surface area contributed by atoms with Crippen LogP contribution in [0.5, 0.6) is 0 Å². The smallest absolute Gasteiger partial charge is 0.306 e. The third-order valence-electron chi connectivity index (χ3n) is 2.53. The summed E-state index contributed by atoms with van der Waals surface area (Å²) in [6, 6.07) is 0.189. The maximum Gasteiger partial charge on any atom is 0.437 e. The zero-order valence-electron chi connectivity index (χ0n) is 11.2. The number of nitrogens with zero attached hydrogens (tertiary/aromatic N) is 1. The standard InChI is InChI=1S/C9H4F7N3O.C2H6/c10-7(8(11,12)13,9(14,15)16)5-1-3-4(2-17-5)19-6(20)18-3;1-2/h1-2H,(H2,18,19,20);1-2H3. The minimum atomic E-state index is -6.25. The van der Waals surface area contributed by atoms with Crippen molar-refractivity contribution in [3.8, 4) is 0 Å². The summed E-state index contributed by atoms with van der Waals surface area (Å²) in [5.41, 5.74) is -8.97. The summed E-state index contributed by atoms with van der Waals surface area (Å²) >= 11 is 0. The van der Waals surface area contributed by atoms with Gasteiger partial charge >= 0.3 is 23.7 Å². The van der Waals surface area contributed by atoms with Gasteiger partial charge < -0.3 is 9.97 Å². The number of aromatic nitrogens is 3. The predicted octanol–water partition coefficient (Wildman–Crippen LogP) is 3.57. The van der Waals surface area contributed by atoms with Crippen molar-refractivity contribution < 1.29 is 30.7 Å². The molecule has 2 heterocycles. The van der Waals surface area contributed by atoms with Crippen LogP contribution in [-0.4, -0.2) is 27.3 Å². The summed E-state index contributed by atoms with van der Waals surface area (Å²) in [5.74, 6) is 0. The Morgan fingerprint density at radius 1 is 0.909 bits per heavy atom. The molecule has 11 heteroatoms. The summed E-state index contributed by atoms with van der Waals surface area (Å²) in [7, 11) is 0. The second-order valence-electron chi connectivity index (χ2n) is 3.85. The number of rotatable bonds is 1. The van der Waals surface area contributed by atoms with Crippen molar-refractivity contribution in [2.45, 2.75) is 31.9 Å². The first-order chi connectivity index (χ1) is 9.97. The molecule has 2 N–H and O–H groups in total. The number of H-pyrrole nitrogens is 2. The number of imidazole rings is 1.